The van der Waals surface area contributed by atoms with E-state index in [1.54, 1.807) is 11.3 Å². The number of hydrogen-bond donors (Lipinski definition) is 1. The number of thiophene rings is 1. The second-order valence-electron chi connectivity index (χ2n) is 4.66. The lowest BCUT2D eigenvalue weighted by Crippen LogP contribution is -2.49. The van der Waals surface area contributed by atoms with E-state index >= 15 is 0 Å². The van der Waals surface area contributed by atoms with E-state index in [-0.39, 0.29) is 0 Å². The van der Waals surface area contributed by atoms with Crippen molar-refractivity contribution in [2.24, 2.45) is 0 Å². The Labute approximate surface area is 124 Å². The Morgan fingerprint density at radius 3 is 3.26 bits per heavy atom. The summed E-state index contributed by atoms with van der Waals surface area (Å²) in [6.07, 6.45) is 0. The highest BCUT2D eigenvalue weighted by atomic mass is 79.9. The predicted octanol–water partition coefficient (Wildman–Crippen LogP) is 2.35. The zero-order valence-corrected chi connectivity index (χ0v) is 13.0. The molecule has 2 aromatic rings. The summed E-state index contributed by atoms with van der Waals surface area (Å²) in [7, 11) is 0. The molecule has 1 atom stereocenters. The van der Waals surface area contributed by atoms with E-state index in [2.05, 4.69) is 43.2 Å². The number of hydrogen-bond acceptors (Lipinski definition) is 6. The Bertz CT molecular complexity index is 555. The van der Waals surface area contributed by atoms with Crippen molar-refractivity contribution in [3.8, 4) is 10.7 Å². The van der Waals surface area contributed by atoms with Crippen LogP contribution in [0.3, 0.4) is 0 Å². The van der Waals surface area contributed by atoms with Crippen molar-refractivity contribution in [3.63, 3.8) is 0 Å². The predicted molar refractivity (Wildman–Crippen MR) is 78.1 cm³/mol. The molecule has 3 rings (SSSR count). The maximum absolute atomic E-state index is 5.35. The van der Waals surface area contributed by atoms with E-state index < -0.39 is 0 Å². The van der Waals surface area contributed by atoms with Crippen molar-refractivity contribution in [1.82, 2.24) is 20.4 Å². The highest BCUT2D eigenvalue weighted by molar-refractivity contribution is 9.10. The average molecular weight is 343 g/mol. The van der Waals surface area contributed by atoms with Crippen LogP contribution in [0.1, 0.15) is 12.8 Å². The summed E-state index contributed by atoms with van der Waals surface area (Å²) in [5.74, 6) is 1.36. The SMILES string of the molecule is C[C@@H]1CNCCN1Cc1nc(-c2cc(Br)cs2)no1. The molecule has 1 saturated heterocycles. The van der Waals surface area contributed by atoms with Gasteiger partial charge in [0, 0.05) is 35.5 Å². The Morgan fingerprint density at radius 2 is 2.53 bits per heavy atom. The molecule has 1 fully saturated rings. The number of halogens is 1. The Balaban J connectivity index is 1.71. The molecule has 0 amide bonds. The minimum Gasteiger partial charge on any atom is -0.338 e. The molecular formula is C12H15BrN4OS. The van der Waals surface area contributed by atoms with Crippen molar-refractivity contribution in [2.45, 2.75) is 19.5 Å². The normalized spacial score (nSPS) is 20.8. The summed E-state index contributed by atoms with van der Waals surface area (Å²) in [6, 6.07) is 2.51. The van der Waals surface area contributed by atoms with Crippen molar-refractivity contribution < 1.29 is 4.52 Å². The van der Waals surface area contributed by atoms with Crippen LogP contribution >= 0.6 is 27.3 Å². The van der Waals surface area contributed by atoms with Crippen LogP contribution in [0.25, 0.3) is 10.7 Å². The van der Waals surface area contributed by atoms with Crippen molar-refractivity contribution >= 4 is 27.3 Å². The van der Waals surface area contributed by atoms with Gasteiger partial charge in [0.1, 0.15) is 0 Å². The minimum atomic E-state index is 0.500. The minimum absolute atomic E-state index is 0.500. The standard InChI is InChI=1S/C12H15BrN4OS/c1-8-5-14-2-3-17(8)6-11-15-12(16-18-11)10-4-9(13)7-19-10/h4,7-8,14H,2-3,5-6H2,1H3/t8-/m1/s1. The highest BCUT2D eigenvalue weighted by Crippen LogP contribution is 2.27. The molecule has 0 aromatic carbocycles. The molecule has 1 aliphatic heterocycles. The number of nitrogens with one attached hydrogen (secondary N) is 1. The van der Waals surface area contributed by atoms with Gasteiger partial charge in [0.05, 0.1) is 11.4 Å². The van der Waals surface area contributed by atoms with Gasteiger partial charge >= 0.3 is 0 Å². The summed E-state index contributed by atoms with van der Waals surface area (Å²) in [5.41, 5.74) is 0. The third-order valence-electron chi connectivity index (χ3n) is 3.23. The van der Waals surface area contributed by atoms with Crippen molar-refractivity contribution in [1.29, 1.82) is 0 Å². The van der Waals surface area contributed by atoms with Gasteiger partial charge in [-0.2, -0.15) is 4.98 Å². The average Bonchev–Trinajstić information content (AvgIpc) is 3.01. The molecule has 5 nitrogen and oxygen atoms in total. The fourth-order valence-corrected chi connectivity index (χ4v) is 3.49. The lowest BCUT2D eigenvalue weighted by atomic mass is 10.2. The molecule has 7 heteroatoms. The number of piperazine rings is 1. The second-order valence-corrected chi connectivity index (χ2v) is 6.49. The lowest BCUT2D eigenvalue weighted by Gasteiger charge is -2.32. The van der Waals surface area contributed by atoms with Crippen LogP contribution < -0.4 is 5.32 Å². The molecule has 1 aliphatic rings. The monoisotopic (exact) mass is 342 g/mol. The Hall–Kier alpha value is -0.760. The number of aromatic nitrogens is 2. The van der Waals surface area contributed by atoms with Gasteiger partial charge in [0.25, 0.3) is 0 Å². The summed E-state index contributed by atoms with van der Waals surface area (Å²) in [6.45, 7) is 5.98. The Morgan fingerprint density at radius 1 is 1.63 bits per heavy atom. The number of nitrogens with zero attached hydrogens (tertiary/aromatic N) is 3. The lowest BCUT2D eigenvalue weighted by molar-refractivity contribution is 0.146. The summed E-state index contributed by atoms with van der Waals surface area (Å²) in [4.78, 5) is 7.85. The third-order valence-corrected chi connectivity index (χ3v) is 4.92. The molecule has 0 unspecified atom stereocenters. The number of rotatable bonds is 3. The summed E-state index contributed by atoms with van der Waals surface area (Å²) < 4.78 is 6.40. The topological polar surface area (TPSA) is 54.2 Å². The van der Waals surface area contributed by atoms with Crippen molar-refractivity contribution in [2.75, 3.05) is 19.6 Å². The molecule has 3 heterocycles. The molecule has 19 heavy (non-hydrogen) atoms. The van der Waals surface area contributed by atoms with Gasteiger partial charge in [-0.1, -0.05) is 5.16 Å². The third kappa shape index (κ3) is 3.05. The van der Waals surface area contributed by atoms with Gasteiger partial charge in [-0.3, -0.25) is 4.90 Å². The van der Waals surface area contributed by atoms with Crippen LogP contribution in [0.4, 0.5) is 0 Å². The van der Waals surface area contributed by atoms with Crippen LogP contribution in [-0.2, 0) is 6.54 Å². The first kappa shape index (κ1) is 13.2. The molecule has 102 valence electrons. The maximum Gasteiger partial charge on any atom is 0.241 e. The first-order chi connectivity index (χ1) is 9.22. The van der Waals surface area contributed by atoms with Crippen LogP contribution in [-0.4, -0.2) is 40.7 Å². The van der Waals surface area contributed by atoms with Gasteiger partial charge < -0.3 is 9.84 Å². The zero-order chi connectivity index (χ0) is 13.2. The highest BCUT2D eigenvalue weighted by Gasteiger charge is 2.20. The first-order valence-corrected chi connectivity index (χ1v) is 7.91. The van der Waals surface area contributed by atoms with E-state index in [9.17, 15) is 0 Å². The molecule has 0 aliphatic carbocycles. The molecule has 1 N–H and O–H groups in total. The molecule has 2 aromatic heterocycles. The first-order valence-electron chi connectivity index (χ1n) is 6.24. The van der Waals surface area contributed by atoms with Crippen LogP contribution in [0.15, 0.2) is 20.4 Å². The van der Waals surface area contributed by atoms with Gasteiger partial charge in [-0.15, -0.1) is 11.3 Å². The van der Waals surface area contributed by atoms with E-state index in [0.29, 0.717) is 17.8 Å². The van der Waals surface area contributed by atoms with Gasteiger partial charge in [-0.25, -0.2) is 0 Å². The van der Waals surface area contributed by atoms with E-state index in [0.717, 1.165) is 35.5 Å². The van der Waals surface area contributed by atoms with Gasteiger partial charge in [0.2, 0.25) is 11.7 Å². The van der Waals surface area contributed by atoms with E-state index in [4.69, 9.17) is 4.52 Å². The van der Waals surface area contributed by atoms with E-state index in [1.807, 2.05) is 11.4 Å². The van der Waals surface area contributed by atoms with Crippen LogP contribution in [0.5, 0.6) is 0 Å². The molecule has 0 bridgehead atoms. The van der Waals surface area contributed by atoms with Crippen LogP contribution in [0, 0.1) is 0 Å². The second kappa shape index (κ2) is 5.70. The quantitative estimate of drug-likeness (QED) is 0.927. The molecule has 0 spiro atoms. The van der Waals surface area contributed by atoms with Gasteiger partial charge in [-0.05, 0) is 28.9 Å². The van der Waals surface area contributed by atoms with Crippen LogP contribution in [0.2, 0.25) is 0 Å². The molecule has 0 saturated carbocycles. The maximum atomic E-state index is 5.35. The fraction of sp³-hybridized carbons (Fsp3) is 0.500. The zero-order valence-electron chi connectivity index (χ0n) is 10.6. The fourth-order valence-electron chi connectivity index (χ4n) is 2.14. The van der Waals surface area contributed by atoms with Gasteiger partial charge in [0.15, 0.2) is 0 Å². The summed E-state index contributed by atoms with van der Waals surface area (Å²) >= 11 is 5.04. The van der Waals surface area contributed by atoms with Crippen molar-refractivity contribution in [3.05, 3.63) is 21.8 Å². The Kier molecular flexibility index (Phi) is 3.97. The summed E-state index contributed by atoms with van der Waals surface area (Å²) in [5, 5.41) is 9.44. The smallest absolute Gasteiger partial charge is 0.241 e. The largest absolute Gasteiger partial charge is 0.338 e. The molecular weight excluding hydrogens is 328 g/mol. The van der Waals surface area contributed by atoms with E-state index in [1.165, 1.54) is 0 Å². The molecule has 0 radical (unpaired) electrons.